The number of benzene rings is 1. The number of hydrogen-bond donors (Lipinski definition) is 0. The van der Waals surface area contributed by atoms with Gasteiger partial charge in [-0.2, -0.15) is 0 Å². The van der Waals surface area contributed by atoms with Gasteiger partial charge in [0.15, 0.2) is 0 Å². The maximum absolute atomic E-state index is 13.1. The third-order valence-corrected chi connectivity index (χ3v) is 6.26. The zero-order valence-electron chi connectivity index (χ0n) is 17.1. The predicted octanol–water partition coefficient (Wildman–Crippen LogP) is 4.30. The van der Waals surface area contributed by atoms with Crippen molar-refractivity contribution in [1.29, 1.82) is 0 Å². The van der Waals surface area contributed by atoms with E-state index in [9.17, 15) is 9.59 Å². The lowest BCUT2D eigenvalue weighted by molar-refractivity contribution is 0.375. The van der Waals surface area contributed by atoms with E-state index in [1.165, 1.54) is 42.2 Å². The molecule has 1 aromatic carbocycles. The molecule has 0 bridgehead atoms. The van der Waals surface area contributed by atoms with Crippen LogP contribution in [0.4, 0.5) is 0 Å². The van der Waals surface area contributed by atoms with Gasteiger partial charge in [-0.05, 0) is 25.3 Å². The van der Waals surface area contributed by atoms with Crippen molar-refractivity contribution in [2.75, 3.05) is 0 Å². The van der Waals surface area contributed by atoms with E-state index in [2.05, 4.69) is 35.8 Å². The lowest BCUT2D eigenvalue weighted by Crippen LogP contribution is -2.36. The Balaban J connectivity index is 2.03. The van der Waals surface area contributed by atoms with Gasteiger partial charge >= 0.3 is 5.69 Å². The number of rotatable bonds is 2. The van der Waals surface area contributed by atoms with Gasteiger partial charge in [-0.3, -0.25) is 13.9 Å². The minimum Gasteiger partial charge on any atom is -0.342 e. The topological polar surface area (TPSA) is 48.9 Å². The lowest BCUT2D eigenvalue weighted by Gasteiger charge is -2.24. The van der Waals surface area contributed by atoms with Gasteiger partial charge in [-0.15, -0.1) is 0 Å². The van der Waals surface area contributed by atoms with Crippen molar-refractivity contribution in [3.63, 3.8) is 0 Å². The maximum Gasteiger partial charge on any atom is 0.330 e. The molecule has 5 nitrogen and oxygen atoms in total. The Hall–Kier alpha value is -2.56. The molecule has 0 N–H and O–H groups in total. The van der Waals surface area contributed by atoms with Crippen LogP contribution in [-0.4, -0.2) is 13.7 Å². The average Bonchev–Trinajstić information content (AvgIpc) is 3.05. The van der Waals surface area contributed by atoms with Crippen molar-refractivity contribution >= 4 is 10.9 Å². The molecule has 1 aliphatic rings. The van der Waals surface area contributed by atoms with E-state index in [0.29, 0.717) is 11.4 Å². The van der Waals surface area contributed by atoms with Gasteiger partial charge in [-0.25, -0.2) is 4.79 Å². The van der Waals surface area contributed by atoms with Gasteiger partial charge in [0, 0.05) is 26.3 Å². The summed E-state index contributed by atoms with van der Waals surface area (Å²) >= 11 is 0. The highest BCUT2D eigenvalue weighted by Gasteiger charge is 2.23. The van der Waals surface area contributed by atoms with Gasteiger partial charge in [0.25, 0.3) is 5.56 Å². The molecule has 1 fully saturated rings. The molecule has 0 radical (unpaired) electrons. The molecule has 3 aromatic rings. The molecule has 148 valence electrons. The maximum atomic E-state index is 13.1. The molecular formula is C23H29N3O2. The Kier molecular flexibility index (Phi) is 5.00. The van der Waals surface area contributed by atoms with Crippen LogP contribution in [0.3, 0.4) is 0 Å². The fourth-order valence-corrected chi connectivity index (χ4v) is 4.56. The van der Waals surface area contributed by atoms with Crippen molar-refractivity contribution in [2.45, 2.75) is 57.9 Å². The van der Waals surface area contributed by atoms with Gasteiger partial charge in [-0.1, -0.05) is 61.9 Å². The second-order valence-corrected chi connectivity index (χ2v) is 8.22. The van der Waals surface area contributed by atoms with Crippen molar-refractivity contribution in [3.05, 3.63) is 56.9 Å². The van der Waals surface area contributed by atoms with Crippen LogP contribution in [0.5, 0.6) is 0 Å². The molecule has 2 heterocycles. The minimum absolute atomic E-state index is 0.210. The summed E-state index contributed by atoms with van der Waals surface area (Å²) in [6.45, 7) is 2.07. The number of hydrogen-bond acceptors (Lipinski definition) is 2. The zero-order chi connectivity index (χ0) is 19.8. The highest BCUT2D eigenvalue weighted by molar-refractivity contribution is 5.93. The van der Waals surface area contributed by atoms with Gasteiger partial charge < -0.3 is 4.57 Å². The molecule has 0 amide bonds. The third kappa shape index (κ3) is 3.13. The minimum atomic E-state index is -0.275. The molecule has 1 saturated carbocycles. The molecule has 0 aliphatic heterocycles. The molecule has 0 spiro atoms. The summed E-state index contributed by atoms with van der Waals surface area (Å²) in [5.74, 6) is 0. The standard InChI is InChI=1S/C23H29N3O2/c1-16-11-13-17(14-12-16)21-20-19(24(2)23(28)25(3)22(20)27)15-26(21)18-9-7-5-4-6-8-10-18/h11-15,18H,4-10H2,1-3H3. The summed E-state index contributed by atoms with van der Waals surface area (Å²) in [5.41, 5.74) is 3.43. The summed E-state index contributed by atoms with van der Waals surface area (Å²) < 4.78 is 5.12. The molecule has 0 saturated heterocycles. The van der Waals surface area contributed by atoms with Crippen LogP contribution in [0.1, 0.15) is 56.6 Å². The van der Waals surface area contributed by atoms with Crippen LogP contribution >= 0.6 is 0 Å². The first-order valence-electron chi connectivity index (χ1n) is 10.4. The first-order valence-corrected chi connectivity index (χ1v) is 10.4. The summed E-state index contributed by atoms with van der Waals surface area (Å²) in [6, 6.07) is 8.72. The molecule has 5 heteroatoms. The number of aryl methyl sites for hydroxylation is 2. The Bertz CT molecular complexity index is 1110. The highest BCUT2D eigenvalue weighted by atomic mass is 16.2. The fraction of sp³-hybridized carbons (Fsp3) is 0.478. The van der Waals surface area contributed by atoms with E-state index >= 15 is 0 Å². The van der Waals surface area contributed by atoms with E-state index in [1.54, 1.807) is 18.7 Å². The normalized spacial score (nSPS) is 16.2. The van der Waals surface area contributed by atoms with Gasteiger partial charge in [0.05, 0.1) is 16.6 Å². The zero-order valence-corrected chi connectivity index (χ0v) is 17.1. The summed E-state index contributed by atoms with van der Waals surface area (Å²) in [7, 11) is 3.32. The van der Waals surface area contributed by atoms with Gasteiger partial charge in [0.2, 0.25) is 0 Å². The van der Waals surface area contributed by atoms with Crippen molar-refractivity contribution in [1.82, 2.24) is 13.7 Å². The van der Waals surface area contributed by atoms with E-state index < -0.39 is 0 Å². The van der Waals surface area contributed by atoms with Crippen molar-refractivity contribution in [3.8, 4) is 11.3 Å². The molecule has 1 aliphatic carbocycles. The second kappa shape index (κ2) is 7.46. The quantitative estimate of drug-likeness (QED) is 0.666. The predicted molar refractivity (Wildman–Crippen MR) is 114 cm³/mol. The largest absolute Gasteiger partial charge is 0.342 e. The molecule has 4 rings (SSSR count). The Morgan fingerprint density at radius 2 is 1.46 bits per heavy atom. The SMILES string of the molecule is Cc1ccc(-c2c3c(=O)n(C)c(=O)n(C)c3cn2C2CCCCCCC2)cc1. The lowest BCUT2D eigenvalue weighted by atomic mass is 9.96. The smallest absolute Gasteiger partial charge is 0.330 e. The number of fused-ring (bicyclic) bond motifs is 1. The van der Waals surface area contributed by atoms with Gasteiger partial charge in [0.1, 0.15) is 0 Å². The van der Waals surface area contributed by atoms with Crippen molar-refractivity contribution in [2.24, 2.45) is 14.1 Å². The Morgan fingerprint density at radius 3 is 2.11 bits per heavy atom. The van der Waals surface area contributed by atoms with Crippen LogP contribution in [0, 0.1) is 6.92 Å². The van der Waals surface area contributed by atoms with Crippen LogP contribution in [0.15, 0.2) is 40.1 Å². The summed E-state index contributed by atoms with van der Waals surface area (Å²) in [4.78, 5) is 25.6. The molecule has 28 heavy (non-hydrogen) atoms. The second-order valence-electron chi connectivity index (χ2n) is 8.22. The molecule has 0 unspecified atom stereocenters. The molecular weight excluding hydrogens is 350 g/mol. The Labute approximate surface area is 165 Å². The number of aromatic nitrogens is 3. The van der Waals surface area contributed by atoms with Crippen LogP contribution < -0.4 is 11.2 Å². The van der Waals surface area contributed by atoms with Crippen LogP contribution in [0.25, 0.3) is 22.2 Å². The summed E-state index contributed by atoms with van der Waals surface area (Å²) in [5, 5.41) is 0.649. The fourth-order valence-electron chi connectivity index (χ4n) is 4.56. The summed E-state index contributed by atoms with van der Waals surface area (Å²) in [6.07, 6.45) is 10.6. The van der Waals surface area contributed by atoms with E-state index in [1.807, 2.05) is 6.20 Å². The van der Waals surface area contributed by atoms with Crippen LogP contribution in [0.2, 0.25) is 0 Å². The van der Waals surface area contributed by atoms with E-state index in [0.717, 1.165) is 29.6 Å². The molecule has 2 aromatic heterocycles. The van der Waals surface area contributed by atoms with E-state index in [4.69, 9.17) is 0 Å². The average molecular weight is 380 g/mol. The van der Waals surface area contributed by atoms with E-state index in [-0.39, 0.29) is 11.2 Å². The highest BCUT2D eigenvalue weighted by Crippen LogP contribution is 2.35. The van der Waals surface area contributed by atoms with Crippen LogP contribution in [-0.2, 0) is 14.1 Å². The monoisotopic (exact) mass is 379 g/mol. The third-order valence-electron chi connectivity index (χ3n) is 6.26. The first kappa shape index (κ1) is 18.8. The molecule has 0 atom stereocenters. The number of nitrogens with zero attached hydrogens (tertiary/aromatic N) is 3. The Morgan fingerprint density at radius 1 is 0.857 bits per heavy atom. The first-order chi connectivity index (χ1) is 13.5. The van der Waals surface area contributed by atoms with Crippen molar-refractivity contribution < 1.29 is 0 Å².